The second-order valence-electron chi connectivity index (χ2n) is 6.22. The minimum Gasteiger partial charge on any atom is -0.488 e. The Labute approximate surface area is 196 Å². The van der Waals surface area contributed by atoms with Gasteiger partial charge in [-0.15, -0.1) is 0 Å². The van der Waals surface area contributed by atoms with Crippen LogP contribution in [0.15, 0.2) is 64.2 Å². The minimum absolute atomic E-state index is 0.128. The zero-order valence-corrected chi connectivity index (χ0v) is 18.8. The molecule has 0 unspecified atom stereocenters. The van der Waals surface area contributed by atoms with E-state index in [1.807, 2.05) is 0 Å². The van der Waals surface area contributed by atoms with E-state index in [0.717, 1.165) is 11.6 Å². The monoisotopic (exact) mass is 519 g/mol. The van der Waals surface area contributed by atoms with E-state index in [2.05, 4.69) is 26.5 Å². The number of hydrogen-bond acceptors (Lipinski definition) is 4. The van der Waals surface area contributed by atoms with Crippen molar-refractivity contribution in [1.82, 2.24) is 5.43 Å². The Balaban J connectivity index is 1.61. The molecule has 0 atom stereocenters. The molecule has 0 aliphatic rings. The maximum atomic E-state index is 13.9. The molecule has 0 saturated heterocycles. The number of nitrogens with zero attached hydrogens (tertiary/aromatic N) is 2. The van der Waals surface area contributed by atoms with E-state index in [1.54, 1.807) is 42.5 Å². The summed E-state index contributed by atoms with van der Waals surface area (Å²) in [5.41, 5.74) is 3.64. The maximum Gasteiger partial charge on any atom is 0.274 e. The summed E-state index contributed by atoms with van der Waals surface area (Å²) in [6.07, 6.45) is 1.41. The predicted molar refractivity (Wildman–Crippen MR) is 121 cm³/mol. The third-order valence-electron chi connectivity index (χ3n) is 4.08. The molecule has 0 aliphatic heterocycles. The van der Waals surface area contributed by atoms with Crippen LogP contribution < -0.4 is 10.2 Å². The lowest BCUT2D eigenvalue weighted by Crippen LogP contribution is -2.19. The Bertz CT molecular complexity index is 1210. The van der Waals surface area contributed by atoms with Crippen molar-refractivity contribution in [3.05, 3.63) is 97.2 Å². The smallest absolute Gasteiger partial charge is 0.274 e. The number of rotatable bonds is 6. The molecule has 1 N–H and O–H groups in total. The summed E-state index contributed by atoms with van der Waals surface area (Å²) in [6, 6.07) is 15.8. The van der Waals surface area contributed by atoms with Crippen LogP contribution in [-0.2, 0) is 6.61 Å². The van der Waals surface area contributed by atoms with Gasteiger partial charge in [0.2, 0.25) is 0 Å². The van der Waals surface area contributed by atoms with Crippen LogP contribution in [-0.4, -0.2) is 12.1 Å². The van der Waals surface area contributed by atoms with Crippen molar-refractivity contribution in [3.63, 3.8) is 0 Å². The van der Waals surface area contributed by atoms with Gasteiger partial charge in [0, 0.05) is 15.6 Å². The van der Waals surface area contributed by atoms with Crippen molar-refractivity contribution in [2.24, 2.45) is 5.10 Å². The highest BCUT2D eigenvalue weighted by molar-refractivity contribution is 9.10. The second-order valence-corrected chi connectivity index (χ2v) is 7.92. The van der Waals surface area contributed by atoms with E-state index in [4.69, 9.17) is 33.2 Å². The molecule has 9 heteroatoms. The number of hydrogen-bond donors (Lipinski definition) is 1. The van der Waals surface area contributed by atoms with Gasteiger partial charge >= 0.3 is 0 Å². The number of carbonyl (C=O) groups excluding carboxylic acids is 1. The fourth-order valence-electron chi connectivity index (χ4n) is 2.50. The van der Waals surface area contributed by atoms with Crippen LogP contribution in [0.4, 0.5) is 4.39 Å². The number of halogens is 4. The van der Waals surface area contributed by atoms with E-state index in [0.29, 0.717) is 25.8 Å². The van der Waals surface area contributed by atoms with Crippen LogP contribution in [0, 0.1) is 17.1 Å². The molecule has 0 aromatic heterocycles. The second kappa shape index (κ2) is 10.4. The lowest BCUT2D eigenvalue weighted by molar-refractivity contribution is 0.0951. The van der Waals surface area contributed by atoms with Crippen LogP contribution in [0.1, 0.15) is 27.0 Å². The summed E-state index contributed by atoms with van der Waals surface area (Å²) in [5, 5.41) is 13.7. The van der Waals surface area contributed by atoms with Gasteiger partial charge in [-0.25, -0.2) is 9.82 Å². The van der Waals surface area contributed by atoms with Gasteiger partial charge < -0.3 is 4.74 Å². The summed E-state index contributed by atoms with van der Waals surface area (Å²) < 4.78 is 20.3. The molecule has 0 spiro atoms. The first-order valence-corrected chi connectivity index (χ1v) is 10.3. The Morgan fingerprint density at radius 2 is 2.00 bits per heavy atom. The van der Waals surface area contributed by atoms with Crippen molar-refractivity contribution in [3.8, 4) is 11.8 Å². The fourth-order valence-corrected chi connectivity index (χ4v) is 3.48. The Hall–Kier alpha value is -2.92. The summed E-state index contributed by atoms with van der Waals surface area (Å²) in [5.74, 6) is -0.930. The summed E-state index contributed by atoms with van der Waals surface area (Å²) in [4.78, 5) is 12.0. The summed E-state index contributed by atoms with van der Waals surface area (Å²) >= 11 is 15.5. The molecule has 0 radical (unpaired) electrons. The average Bonchev–Trinajstić information content (AvgIpc) is 2.74. The Kier molecular flexibility index (Phi) is 7.64. The number of benzene rings is 3. The van der Waals surface area contributed by atoms with Crippen LogP contribution in [0.25, 0.3) is 0 Å². The number of carbonyl (C=O) groups is 1. The van der Waals surface area contributed by atoms with E-state index in [9.17, 15) is 9.18 Å². The maximum absolute atomic E-state index is 13.9. The zero-order valence-electron chi connectivity index (χ0n) is 15.7. The van der Waals surface area contributed by atoms with Gasteiger partial charge in [-0.3, -0.25) is 4.79 Å². The first-order valence-electron chi connectivity index (χ1n) is 8.76. The van der Waals surface area contributed by atoms with Gasteiger partial charge in [0.15, 0.2) is 0 Å². The van der Waals surface area contributed by atoms with Gasteiger partial charge in [0.25, 0.3) is 5.91 Å². The zero-order chi connectivity index (χ0) is 22.4. The molecule has 5 nitrogen and oxygen atoms in total. The third-order valence-corrected chi connectivity index (χ3v) is 5.28. The van der Waals surface area contributed by atoms with Crippen LogP contribution >= 0.6 is 39.1 Å². The SMILES string of the molecule is N#Cc1ccc(C(=O)N/N=C\c2ccc(OCc3ccc(Cl)cc3Cl)c(Br)c2)c(F)c1. The van der Waals surface area contributed by atoms with Crippen molar-refractivity contribution < 1.29 is 13.9 Å². The highest BCUT2D eigenvalue weighted by Gasteiger charge is 2.11. The quantitative estimate of drug-likeness (QED) is 0.314. The van der Waals surface area contributed by atoms with Gasteiger partial charge in [-0.05, 0) is 70.0 Å². The Morgan fingerprint density at radius 1 is 1.19 bits per heavy atom. The summed E-state index contributed by atoms with van der Waals surface area (Å²) in [7, 11) is 0. The summed E-state index contributed by atoms with van der Waals surface area (Å²) in [6.45, 7) is 0.258. The van der Waals surface area contributed by atoms with E-state index in [1.165, 1.54) is 18.3 Å². The molecule has 3 aromatic carbocycles. The number of nitrogens with one attached hydrogen (secondary N) is 1. The molecule has 3 aromatic rings. The molecule has 0 heterocycles. The molecule has 0 bridgehead atoms. The third kappa shape index (κ3) is 6.05. The van der Waals surface area contributed by atoms with Crippen LogP contribution in [0.2, 0.25) is 10.0 Å². The first kappa shape index (κ1) is 22.8. The number of hydrazone groups is 1. The normalized spacial score (nSPS) is 10.7. The molecule has 0 aliphatic carbocycles. The largest absolute Gasteiger partial charge is 0.488 e. The lowest BCUT2D eigenvalue weighted by atomic mass is 10.1. The van der Waals surface area contributed by atoms with Crippen molar-refractivity contribution in [1.29, 1.82) is 5.26 Å². The lowest BCUT2D eigenvalue weighted by Gasteiger charge is -2.10. The van der Waals surface area contributed by atoms with E-state index < -0.39 is 11.7 Å². The molecular weight excluding hydrogens is 508 g/mol. The molecule has 156 valence electrons. The minimum atomic E-state index is -0.795. The van der Waals surface area contributed by atoms with Crippen molar-refractivity contribution in [2.45, 2.75) is 6.61 Å². The first-order chi connectivity index (χ1) is 14.9. The topological polar surface area (TPSA) is 74.5 Å². The van der Waals surface area contributed by atoms with Gasteiger partial charge in [-0.2, -0.15) is 10.4 Å². The molecular formula is C22H13BrCl2FN3O2. The van der Waals surface area contributed by atoms with Crippen LogP contribution in [0.5, 0.6) is 5.75 Å². The van der Waals surface area contributed by atoms with Gasteiger partial charge in [-0.1, -0.05) is 29.3 Å². The number of ether oxygens (including phenoxy) is 1. The fraction of sp³-hybridized carbons (Fsp3) is 0.0455. The molecule has 1 amide bonds. The molecule has 3 rings (SSSR count). The highest BCUT2D eigenvalue weighted by atomic mass is 79.9. The molecule has 31 heavy (non-hydrogen) atoms. The molecule has 0 fully saturated rings. The van der Waals surface area contributed by atoms with E-state index in [-0.39, 0.29) is 17.7 Å². The Morgan fingerprint density at radius 3 is 2.68 bits per heavy atom. The van der Waals surface area contributed by atoms with Crippen LogP contribution in [0.3, 0.4) is 0 Å². The number of amides is 1. The predicted octanol–water partition coefficient (Wildman–Crippen LogP) is 6.11. The van der Waals surface area contributed by atoms with Gasteiger partial charge in [0.05, 0.1) is 27.9 Å². The highest BCUT2D eigenvalue weighted by Crippen LogP contribution is 2.28. The van der Waals surface area contributed by atoms with Crippen molar-refractivity contribution >= 4 is 51.3 Å². The molecule has 0 saturated carbocycles. The average molecular weight is 521 g/mol. The number of nitriles is 1. The van der Waals surface area contributed by atoms with E-state index >= 15 is 0 Å². The van der Waals surface area contributed by atoms with Crippen molar-refractivity contribution in [2.75, 3.05) is 0 Å². The standard InChI is InChI=1S/C22H13BrCl2FN3O2/c23-18-7-14(2-6-21(18)31-12-15-3-4-16(24)9-19(15)25)11-28-29-22(30)17-5-1-13(10-27)8-20(17)26/h1-9,11H,12H2,(H,29,30)/b28-11-. The van der Waals surface area contributed by atoms with Gasteiger partial charge in [0.1, 0.15) is 18.2 Å².